The van der Waals surface area contributed by atoms with E-state index in [9.17, 15) is 4.79 Å². The third-order valence-corrected chi connectivity index (χ3v) is 7.06. The maximum absolute atomic E-state index is 11.9. The van der Waals surface area contributed by atoms with Crippen LogP contribution in [0.25, 0.3) is 0 Å². The van der Waals surface area contributed by atoms with Gasteiger partial charge in [0.15, 0.2) is 0 Å². The van der Waals surface area contributed by atoms with Crippen LogP contribution >= 0.6 is 35.1 Å². The Kier molecular flexibility index (Phi) is 8.66. The molecule has 3 nitrogen and oxygen atoms in total. The number of nitrogens with one attached hydrogen (secondary N) is 1. The molecule has 1 N–H and O–H groups in total. The van der Waals surface area contributed by atoms with Gasteiger partial charge in [-0.05, 0) is 37.1 Å². The van der Waals surface area contributed by atoms with Crippen LogP contribution in [0.2, 0.25) is 5.02 Å². The highest BCUT2D eigenvalue weighted by molar-refractivity contribution is 8.04. The average Bonchev–Trinajstić information content (AvgIpc) is 2.56. The molecule has 1 aromatic carbocycles. The van der Waals surface area contributed by atoms with Gasteiger partial charge in [-0.25, -0.2) is 0 Å². The van der Waals surface area contributed by atoms with Crippen LogP contribution in [-0.4, -0.2) is 42.4 Å². The molecule has 0 bridgehead atoms. The predicted octanol–water partition coefficient (Wildman–Crippen LogP) is 4.24. The predicted molar refractivity (Wildman–Crippen MR) is 101 cm³/mol. The number of thioether (sulfide) groups is 2. The fourth-order valence-corrected chi connectivity index (χ4v) is 5.50. The summed E-state index contributed by atoms with van der Waals surface area (Å²) in [6, 6.07) is 8.05. The topological polar surface area (TPSA) is 38.3 Å². The van der Waals surface area contributed by atoms with Crippen molar-refractivity contribution >= 4 is 41.0 Å². The van der Waals surface area contributed by atoms with Gasteiger partial charge in [0.1, 0.15) is 0 Å². The van der Waals surface area contributed by atoms with Gasteiger partial charge in [-0.1, -0.05) is 24.4 Å². The molecule has 2 rings (SSSR count). The van der Waals surface area contributed by atoms with E-state index in [2.05, 4.69) is 17.4 Å². The SMILES string of the molecule is COCCNC(=O)CS[C@@H]1CCCC[C@H]1Sc1ccc(Cl)cc1. The van der Waals surface area contributed by atoms with Gasteiger partial charge in [0.2, 0.25) is 5.91 Å². The zero-order valence-electron chi connectivity index (χ0n) is 13.4. The molecule has 1 amide bonds. The average molecular weight is 374 g/mol. The van der Waals surface area contributed by atoms with Gasteiger partial charge in [-0.3, -0.25) is 4.79 Å². The van der Waals surface area contributed by atoms with Gasteiger partial charge in [0.25, 0.3) is 0 Å². The molecule has 1 aliphatic carbocycles. The quantitative estimate of drug-likeness (QED) is 0.692. The van der Waals surface area contributed by atoms with Gasteiger partial charge in [-0.15, -0.1) is 23.5 Å². The fourth-order valence-electron chi connectivity index (χ4n) is 2.60. The zero-order chi connectivity index (χ0) is 16.5. The summed E-state index contributed by atoms with van der Waals surface area (Å²) in [5.41, 5.74) is 0. The monoisotopic (exact) mass is 373 g/mol. The molecule has 6 heteroatoms. The van der Waals surface area contributed by atoms with Crippen LogP contribution in [0.5, 0.6) is 0 Å². The van der Waals surface area contributed by atoms with E-state index in [4.69, 9.17) is 16.3 Å². The van der Waals surface area contributed by atoms with E-state index in [1.807, 2.05) is 23.9 Å². The highest BCUT2D eigenvalue weighted by atomic mass is 35.5. The first-order valence-electron chi connectivity index (χ1n) is 7.98. The Hall–Kier alpha value is -0.360. The molecule has 1 aliphatic rings. The Morgan fingerprint density at radius 3 is 2.65 bits per heavy atom. The summed E-state index contributed by atoms with van der Waals surface area (Å²) in [7, 11) is 1.64. The van der Waals surface area contributed by atoms with E-state index in [1.54, 1.807) is 18.9 Å². The molecule has 0 heterocycles. The van der Waals surface area contributed by atoms with Crippen LogP contribution in [0, 0.1) is 0 Å². The van der Waals surface area contributed by atoms with Crippen molar-refractivity contribution in [2.24, 2.45) is 0 Å². The van der Waals surface area contributed by atoms with Gasteiger partial charge in [0.05, 0.1) is 12.4 Å². The van der Waals surface area contributed by atoms with Crippen LogP contribution in [0.1, 0.15) is 25.7 Å². The van der Waals surface area contributed by atoms with Crippen molar-refractivity contribution in [3.05, 3.63) is 29.3 Å². The van der Waals surface area contributed by atoms with Gasteiger partial charge < -0.3 is 10.1 Å². The third-order valence-electron chi connectivity index (χ3n) is 3.80. The summed E-state index contributed by atoms with van der Waals surface area (Å²) in [4.78, 5) is 13.1. The standard InChI is InChI=1S/C17H24ClNO2S2/c1-21-11-10-19-17(20)12-22-15-4-2-3-5-16(15)23-14-8-6-13(18)7-9-14/h6-9,15-16H,2-5,10-12H2,1H3,(H,19,20)/t15-,16-/m1/s1. The summed E-state index contributed by atoms with van der Waals surface area (Å²) >= 11 is 9.67. The Morgan fingerprint density at radius 1 is 1.26 bits per heavy atom. The van der Waals surface area contributed by atoms with E-state index in [0.29, 0.717) is 29.4 Å². The molecular formula is C17H24ClNO2S2. The van der Waals surface area contributed by atoms with E-state index in [1.165, 1.54) is 30.6 Å². The fraction of sp³-hybridized carbons (Fsp3) is 0.588. The minimum atomic E-state index is 0.105. The molecule has 128 valence electrons. The molecule has 0 spiro atoms. The Balaban J connectivity index is 1.81. The highest BCUT2D eigenvalue weighted by Gasteiger charge is 2.27. The first kappa shape index (κ1) is 19.0. The maximum Gasteiger partial charge on any atom is 0.230 e. The van der Waals surface area contributed by atoms with Gasteiger partial charge >= 0.3 is 0 Å². The van der Waals surface area contributed by atoms with Crippen molar-refractivity contribution in [2.75, 3.05) is 26.0 Å². The number of carbonyl (C=O) groups is 1. The molecule has 1 saturated carbocycles. The number of halogens is 1. The van der Waals surface area contributed by atoms with Crippen molar-refractivity contribution < 1.29 is 9.53 Å². The molecule has 0 aromatic heterocycles. The lowest BCUT2D eigenvalue weighted by atomic mass is 10.00. The van der Waals surface area contributed by atoms with Crippen molar-refractivity contribution in [2.45, 2.75) is 41.1 Å². The summed E-state index contributed by atoms with van der Waals surface area (Å²) in [5.74, 6) is 0.638. The summed E-state index contributed by atoms with van der Waals surface area (Å²) in [6.07, 6.45) is 4.96. The minimum Gasteiger partial charge on any atom is -0.383 e. The zero-order valence-corrected chi connectivity index (χ0v) is 15.8. The second-order valence-electron chi connectivity index (χ2n) is 5.59. The number of ether oxygens (including phenoxy) is 1. The molecule has 0 aliphatic heterocycles. The number of hydrogen-bond acceptors (Lipinski definition) is 4. The smallest absolute Gasteiger partial charge is 0.230 e. The van der Waals surface area contributed by atoms with Crippen LogP contribution in [-0.2, 0) is 9.53 Å². The lowest BCUT2D eigenvalue weighted by Crippen LogP contribution is -2.31. The van der Waals surface area contributed by atoms with E-state index < -0.39 is 0 Å². The molecule has 0 radical (unpaired) electrons. The number of rotatable bonds is 8. The van der Waals surface area contributed by atoms with E-state index in [0.717, 1.165) is 5.02 Å². The normalized spacial score (nSPS) is 21.1. The highest BCUT2D eigenvalue weighted by Crippen LogP contribution is 2.39. The minimum absolute atomic E-state index is 0.105. The van der Waals surface area contributed by atoms with Crippen LogP contribution in [0.4, 0.5) is 0 Å². The molecule has 23 heavy (non-hydrogen) atoms. The number of benzene rings is 1. The van der Waals surface area contributed by atoms with Crippen LogP contribution in [0.15, 0.2) is 29.2 Å². The first-order valence-corrected chi connectivity index (χ1v) is 10.3. The molecule has 1 aromatic rings. The van der Waals surface area contributed by atoms with E-state index in [-0.39, 0.29) is 5.91 Å². The van der Waals surface area contributed by atoms with Crippen molar-refractivity contribution in [3.63, 3.8) is 0 Å². The molecular weight excluding hydrogens is 350 g/mol. The summed E-state index contributed by atoms with van der Waals surface area (Å²) in [6.45, 7) is 1.15. The lowest BCUT2D eigenvalue weighted by Gasteiger charge is -2.30. The number of hydrogen-bond donors (Lipinski definition) is 1. The van der Waals surface area contributed by atoms with Gasteiger partial charge in [0, 0.05) is 34.1 Å². The third kappa shape index (κ3) is 6.96. The number of carbonyl (C=O) groups excluding carboxylic acids is 1. The largest absolute Gasteiger partial charge is 0.383 e. The van der Waals surface area contributed by atoms with E-state index >= 15 is 0 Å². The summed E-state index contributed by atoms with van der Waals surface area (Å²) in [5, 5.41) is 4.77. The van der Waals surface area contributed by atoms with Gasteiger partial charge in [-0.2, -0.15) is 0 Å². The molecule has 0 unspecified atom stereocenters. The molecule has 1 fully saturated rings. The Morgan fingerprint density at radius 2 is 1.96 bits per heavy atom. The molecule has 0 saturated heterocycles. The number of methoxy groups -OCH3 is 1. The van der Waals surface area contributed by atoms with Crippen molar-refractivity contribution in [1.29, 1.82) is 0 Å². The van der Waals surface area contributed by atoms with Crippen molar-refractivity contribution in [3.8, 4) is 0 Å². The number of amides is 1. The second-order valence-corrected chi connectivity index (χ2v) is 8.56. The Bertz CT molecular complexity index is 484. The Labute approximate surface area is 152 Å². The summed E-state index contributed by atoms with van der Waals surface area (Å²) < 4.78 is 4.94. The lowest BCUT2D eigenvalue weighted by molar-refractivity contribution is -0.118. The first-order chi connectivity index (χ1) is 11.2. The molecule has 2 atom stereocenters. The van der Waals surface area contributed by atoms with Crippen molar-refractivity contribution in [1.82, 2.24) is 5.32 Å². The second kappa shape index (κ2) is 10.5. The van der Waals surface area contributed by atoms with Crippen LogP contribution in [0.3, 0.4) is 0 Å². The van der Waals surface area contributed by atoms with Crippen LogP contribution < -0.4 is 5.32 Å². The maximum atomic E-state index is 11.9.